The summed E-state index contributed by atoms with van der Waals surface area (Å²) in [7, 11) is -1.72. The van der Waals surface area contributed by atoms with Crippen molar-refractivity contribution in [3.63, 3.8) is 0 Å². The third-order valence-electron chi connectivity index (χ3n) is 6.07. The van der Waals surface area contributed by atoms with Crippen molar-refractivity contribution in [3.8, 4) is 0 Å². The Hall–Kier alpha value is -0.660. The van der Waals surface area contributed by atoms with Gasteiger partial charge in [0, 0.05) is 38.4 Å². The van der Waals surface area contributed by atoms with Crippen molar-refractivity contribution in [2.45, 2.75) is 38.0 Å². The predicted molar refractivity (Wildman–Crippen MR) is 109 cm³/mol. The van der Waals surface area contributed by atoms with Gasteiger partial charge in [-0.2, -0.15) is 4.31 Å². The minimum absolute atomic E-state index is 0.405. The number of hydrogen-bond acceptors (Lipinski definition) is 4. The number of benzene rings is 1. The lowest BCUT2D eigenvalue weighted by Crippen LogP contribution is -2.32. The van der Waals surface area contributed by atoms with Crippen LogP contribution in [0.1, 0.15) is 30.4 Å². The van der Waals surface area contributed by atoms with E-state index in [1.54, 1.807) is 23.5 Å². The number of nitrogens with zero attached hydrogens (tertiary/aromatic N) is 2. The first kappa shape index (κ1) is 21.1. The van der Waals surface area contributed by atoms with E-state index in [2.05, 4.69) is 4.90 Å². The van der Waals surface area contributed by atoms with Crippen molar-refractivity contribution < 1.29 is 13.2 Å². The highest BCUT2D eigenvalue weighted by Gasteiger charge is 2.40. The van der Waals surface area contributed by atoms with Crippen LogP contribution in [0.15, 0.2) is 17.0 Å². The van der Waals surface area contributed by atoms with Crippen molar-refractivity contribution >= 4 is 21.6 Å². The van der Waals surface area contributed by atoms with Gasteiger partial charge in [-0.05, 0) is 81.3 Å². The molecule has 0 spiro atoms. The van der Waals surface area contributed by atoms with E-state index in [0.717, 1.165) is 56.6 Å². The highest BCUT2D eigenvalue weighted by atomic mass is 35.5. The Bertz CT molecular complexity index is 753. The molecule has 0 aliphatic carbocycles. The molecule has 7 heteroatoms. The molecule has 2 saturated heterocycles. The fraction of sp³-hybridized carbons (Fsp3) is 0.700. The van der Waals surface area contributed by atoms with E-state index >= 15 is 0 Å². The zero-order chi connectivity index (χ0) is 19.6. The van der Waals surface area contributed by atoms with Gasteiger partial charge in [-0.15, -0.1) is 0 Å². The van der Waals surface area contributed by atoms with Crippen molar-refractivity contribution in [3.05, 3.63) is 28.3 Å². The van der Waals surface area contributed by atoms with Crippen LogP contribution in [-0.4, -0.2) is 64.1 Å². The van der Waals surface area contributed by atoms with Crippen molar-refractivity contribution in [2.24, 2.45) is 11.8 Å². The molecule has 2 aliphatic rings. The SMILES string of the molecule is COCCCN1CC[C@@H]2CN(S(=O)(=O)c3cc(C)c(Cl)cc3C)C[C@@H]2CC1. The molecule has 1 aromatic carbocycles. The number of methoxy groups -OCH3 is 1. The molecule has 1 aromatic rings. The standard InChI is InChI=1S/C20H31ClN2O3S/c1-15-12-20(16(2)11-19(15)21)27(24,25)23-13-17-5-8-22(7-4-10-26-3)9-6-18(17)14-23/h11-12,17-18H,4-10,13-14H2,1-3H3/t17-,18+. The Labute approximate surface area is 168 Å². The number of ether oxygens (including phenoxy) is 1. The van der Waals surface area contributed by atoms with E-state index in [4.69, 9.17) is 16.3 Å². The van der Waals surface area contributed by atoms with Crippen molar-refractivity contribution in [1.29, 1.82) is 0 Å². The Morgan fingerprint density at radius 3 is 2.33 bits per heavy atom. The van der Waals surface area contributed by atoms with Crippen LogP contribution in [0.3, 0.4) is 0 Å². The van der Waals surface area contributed by atoms with Gasteiger partial charge >= 0.3 is 0 Å². The zero-order valence-corrected chi connectivity index (χ0v) is 18.2. The highest BCUT2D eigenvalue weighted by Crippen LogP contribution is 2.36. The summed E-state index contributed by atoms with van der Waals surface area (Å²) in [4.78, 5) is 2.91. The molecule has 0 saturated carbocycles. The van der Waals surface area contributed by atoms with Gasteiger partial charge in [0.05, 0.1) is 4.90 Å². The second kappa shape index (κ2) is 8.78. The second-order valence-electron chi connectivity index (χ2n) is 7.97. The van der Waals surface area contributed by atoms with Gasteiger partial charge in [-0.1, -0.05) is 11.6 Å². The first-order valence-corrected chi connectivity index (χ1v) is 11.6. The Morgan fingerprint density at radius 2 is 1.74 bits per heavy atom. The minimum Gasteiger partial charge on any atom is -0.385 e. The quantitative estimate of drug-likeness (QED) is 0.670. The van der Waals surface area contributed by atoms with Gasteiger partial charge in [-0.3, -0.25) is 0 Å². The molecule has 0 aromatic heterocycles. The van der Waals surface area contributed by atoms with Crippen LogP contribution in [0, 0.1) is 25.7 Å². The number of sulfonamides is 1. The summed E-state index contributed by atoms with van der Waals surface area (Å²) >= 11 is 6.15. The molecule has 5 nitrogen and oxygen atoms in total. The van der Waals surface area contributed by atoms with Crippen LogP contribution in [0.4, 0.5) is 0 Å². The lowest BCUT2D eigenvalue weighted by atomic mass is 9.92. The summed E-state index contributed by atoms with van der Waals surface area (Å²) in [5, 5.41) is 0.617. The minimum atomic E-state index is -3.47. The van der Waals surface area contributed by atoms with Gasteiger partial charge in [0.15, 0.2) is 0 Å². The van der Waals surface area contributed by atoms with Crippen molar-refractivity contribution in [2.75, 3.05) is 46.4 Å². The van der Waals surface area contributed by atoms with E-state index in [9.17, 15) is 8.42 Å². The molecule has 0 N–H and O–H groups in total. The van der Waals surface area contributed by atoms with Crippen LogP contribution >= 0.6 is 11.6 Å². The fourth-order valence-electron chi connectivity index (χ4n) is 4.38. The van der Waals surface area contributed by atoms with E-state index in [0.29, 0.717) is 34.8 Å². The van der Waals surface area contributed by atoms with Crippen molar-refractivity contribution in [1.82, 2.24) is 9.21 Å². The topological polar surface area (TPSA) is 49.9 Å². The smallest absolute Gasteiger partial charge is 0.243 e. The number of rotatable bonds is 6. The molecule has 152 valence electrons. The summed E-state index contributed by atoms with van der Waals surface area (Å²) < 4.78 is 33.3. The molecular weight excluding hydrogens is 384 g/mol. The monoisotopic (exact) mass is 414 g/mol. The molecule has 2 fully saturated rings. The molecule has 0 bridgehead atoms. The molecular formula is C20H31ClN2O3S. The normalized spacial score (nSPS) is 24.7. The molecule has 2 aliphatic heterocycles. The van der Waals surface area contributed by atoms with Gasteiger partial charge in [0.25, 0.3) is 0 Å². The van der Waals surface area contributed by atoms with Crippen LogP contribution in [0.25, 0.3) is 0 Å². The summed E-state index contributed by atoms with van der Waals surface area (Å²) in [6, 6.07) is 3.48. The van der Waals surface area contributed by atoms with E-state index in [1.807, 2.05) is 13.8 Å². The van der Waals surface area contributed by atoms with Gasteiger partial charge in [0.2, 0.25) is 10.0 Å². The number of fused-ring (bicyclic) bond motifs is 1. The maximum Gasteiger partial charge on any atom is 0.243 e. The molecule has 0 amide bonds. The first-order valence-electron chi connectivity index (χ1n) is 9.81. The zero-order valence-electron chi connectivity index (χ0n) is 16.6. The summed E-state index contributed by atoms with van der Waals surface area (Å²) in [5.74, 6) is 0.918. The van der Waals surface area contributed by atoms with Crippen LogP contribution in [-0.2, 0) is 14.8 Å². The van der Waals surface area contributed by atoms with Crippen LogP contribution in [0.5, 0.6) is 0 Å². The third-order valence-corrected chi connectivity index (χ3v) is 8.45. The second-order valence-corrected chi connectivity index (χ2v) is 10.3. The van der Waals surface area contributed by atoms with Crippen LogP contribution < -0.4 is 0 Å². The lowest BCUT2D eigenvalue weighted by molar-refractivity contribution is 0.172. The van der Waals surface area contributed by atoms with Gasteiger partial charge in [-0.25, -0.2) is 8.42 Å². The molecule has 0 radical (unpaired) electrons. The molecule has 0 unspecified atom stereocenters. The average Bonchev–Trinajstić information content (AvgIpc) is 2.95. The molecule has 2 atom stereocenters. The van der Waals surface area contributed by atoms with Gasteiger partial charge in [0.1, 0.15) is 0 Å². The largest absolute Gasteiger partial charge is 0.385 e. The lowest BCUT2D eigenvalue weighted by Gasteiger charge is -2.22. The maximum atomic E-state index is 13.2. The Balaban J connectivity index is 1.67. The molecule has 27 heavy (non-hydrogen) atoms. The molecule has 3 rings (SSSR count). The maximum absolute atomic E-state index is 13.2. The van der Waals surface area contributed by atoms with E-state index in [-0.39, 0.29) is 0 Å². The first-order chi connectivity index (χ1) is 12.8. The third kappa shape index (κ3) is 4.67. The number of likely N-dealkylation sites (tertiary alicyclic amines) is 1. The predicted octanol–water partition coefficient (Wildman–Crippen LogP) is 3.33. The fourth-order valence-corrected chi connectivity index (χ4v) is 6.45. The summed E-state index contributed by atoms with van der Waals surface area (Å²) in [6.07, 6.45) is 3.20. The number of hydrogen-bond donors (Lipinski definition) is 0. The highest BCUT2D eigenvalue weighted by molar-refractivity contribution is 7.89. The van der Waals surface area contributed by atoms with Crippen LogP contribution in [0.2, 0.25) is 5.02 Å². The summed E-state index contributed by atoms with van der Waals surface area (Å²) in [6.45, 7) is 8.93. The average molecular weight is 415 g/mol. The number of aryl methyl sites for hydroxylation is 2. The van der Waals surface area contributed by atoms with Gasteiger partial charge < -0.3 is 9.64 Å². The summed E-state index contributed by atoms with van der Waals surface area (Å²) in [5.41, 5.74) is 1.53. The number of halogens is 1. The Morgan fingerprint density at radius 1 is 1.11 bits per heavy atom. The molecule has 2 heterocycles. The Kier molecular flexibility index (Phi) is 6.85. The van der Waals surface area contributed by atoms with E-state index < -0.39 is 10.0 Å². The van der Waals surface area contributed by atoms with E-state index in [1.165, 1.54) is 0 Å².